The third-order valence-electron chi connectivity index (χ3n) is 8.64. The zero-order chi connectivity index (χ0) is 31.3. The predicted molar refractivity (Wildman–Crippen MR) is 173 cm³/mol. The minimum atomic E-state index is -3.21. The maximum atomic E-state index is 12.0. The lowest BCUT2D eigenvalue weighted by atomic mass is 9.78. The smallest absolute Gasteiger partial charge is 0.399 e. The fourth-order valence-corrected chi connectivity index (χ4v) is 6.84. The Labute approximate surface area is 261 Å². The van der Waals surface area contributed by atoms with Crippen molar-refractivity contribution in [3.63, 3.8) is 0 Å². The van der Waals surface area contributed by atoms with E-state index >= 15 is 0 Å². The SMILES string of the molecule is CC(C)S(=O)(=O)N[C@H]1C[C@@H]1c1ccc(B2OC(C)(C)C(C)(C)O2)cc1.CC(C)S(=O)(=O)N[C@H]1C[C@@H]1c1ccc(Br)cc1. The van der Waals surface area contributed by atoms with Crippen molar-refractivity contribution >= 4 is 48.6 Å². The van der Waals surface area contributed by atoms with Crippen molar-refractivity contribution in [3.8, 4) is 0 Å². The second kappa shape index (κ2) is 12.3. The monoisotopic (exact) mass is 682 g/mol. The fourth-order valence-electron chi connectivity index (χ4n) is 4.67. The van der Waals surface area contributed by atoms with Gasteiger partial charge < -0.3 is 9.31 Å². The first-order valence-electron chi connectivity index (χ1n) is 14.6. The summed E-state index contributed by atoms with van der Waals surface area (Å²) < 4.78 is 66.0. The summed E-state index contributed by atoms with van der Waals surface area (Å²) in [5.74, 6) is 0.581. The van der Waals surface area contributed by atoms with Crippen molar-refractivity contribution in [2.75, 3.05) is 0 Å². The van der Waals surface area contributed by atoms with E-state index in [0.29, 0.717) is 5.92 Å². The first-order valence-corrected chi connectivity index (χ1v) is 18.4. The molecule has 0 amide bonds. The summed E-state index contributed by atoms with van der Waals surface area (Å²) in [4.78, 5) is 0. The molecule has 2 aromatic rings. The molecule has 1 saturated heterocycles. The van der Waals surface area contributed by atoms with Gasteiger partial charge in [0.05, 0.1) is 21.7 Å². The van der Waals surface area contributed by atoms with Gasteiger partial charge in [0.15, 0.2) is 0 Å². The molecule has 0 bridgehead atoms. The first-order chi connectivity index (χ1) is 19.3. The summed E-state index contributed by atoms with van der Waals surface area (Å²) in [6.45, 7) is 14.9. The Morgan fingerprint density at radius 1 is 0.714 bits per heavy atom. The highest BCUT2D eigenvalue weighted by Crippen LogP contribution is 2.42. The Morgan fingerprint density at radius 3 is 1.43 bits per heavy atom. The van der Waals surface area contributed by atoms with Crippen molar-refractivity contribution in [3.05, 3.63) is 64.1 Å². The molecule has 4 atom stereocenters. The number of nitrogens with one attached hydrogen (secondary N) is 2. The van der Waals surface area contributed by atoms with Crippen LogP contribution in [0.3, 0.4) is 0 Å². The van der Waals surface area contributed by atoms with E-state index in [1.807, 2.05) is 64.1 Å². The summed E-state index contributed by atoms with van der Waals surface area (Å²) in [6, 6.07) is 16.3. The molecule has 3 fully saturated rings. The lowest BCUT2D eigenvalue weighted by Crippen LogP contribution is -2.41. The van der Waals surface area contributed by atoms with E-state index in [1.54, 1.807) is 27.7 Å². The van der Waals surface area contributed by atoms with E-state index in [-0.39, 0.29) is 41.6 Å². The minimum absolute atomic E-state index is 0.00935. The average molecular weight is 684 g/mol. The zero-order valence-corrected chi connectivity index (χ0v) is 28.9. The molecule has 2 aliphatic carbocycles. The molecule has 232 valence electrons. The minimum Gasteiger partial charge on any atom is -0.399 e. The Hall–Kier alpha value is -1.28. The van der Waals surface area contributed by atoms with Crippen LogP contribution >= 0.6 is 15.9 Å². The molecule has 5 rings (SSSR count). The van der Waals surface area contributed by atoms with Crippen LogP contribution in [-0.4, -0.2) is 57.7 Å². The standard InChI is InChI=1S/C18H28BNO4S.C12H16BrNO2S/c1-12(2)25(21,22)20-16-11-15(16)13-7-9-14(10-8-13)19-23-17(3,4)18(5,6)24-19;1-8(2)17(15,16)14-12-7-11(12)9-3-5-10(13)6-4-9/h7-10,12,15-16,20H,11H2,1-6H3;3-6,8,11-12,14H,7H2,1-2H3/t15-,16+;11-,12+/m11/s1. The number of sulfonamides is 2. The molecule has 42 heavy (non-hydrogen) atoms. The van der Waals surface area contributed by atoms with Gasteiger partial charge in [0.2, 0.25) is 20.0 Å². The van der Waals surface area contributed by atoms with Gasteiger partial charge in [0, 0.05) is 28.4 Å². The Balaban J connectivity index is 0.000000208. The molecule has 12 heteroatoms. The fraction of sp³-hybridized carbons (Fsp3) is 0.600. The number of halogens is 1. The molecule has 3 aliphatic rings. The molecule has 1 heterocycles. The van der Waals surface area contributed by atoms with Crippen molar-refractivity contribution in [2.45, 2.75) is 114 Å². The lowest BCUT2D eigenvalue weighted by Gasteiger charge is -2.32. The van der Waals surface area contributed by atoms with E-state index in [2.05, 4.69) is 37.5 Å². The van der Waals surface area contributed by atoms with Gasteiger partial charge >= 0.3 is 7.12 Å². The van der Waals surface area contributed by atoms with Gasteiger partial charge in [-0.1, -0.05) is 52.3 Å². The number of hydrogen-bond donors (Lipinski definition) is 2. The van der Waals surface area contributed by atoms with Gasteiger partial charge in [-0.15, -0.1) is 0 Å². The molecule has 2 aromatic carbocycles. The van der Waals surface area contributed by atoms with Crippen LogP contribution in [0.15, 0.2) is 53.0 Å². The second-order valence-corrected chi connectivity index (χ2v) is 18.6. The molecule has 2 saturated carbocycles. The third-order valence-corrected chi connectivity index (χ3v) is 12.9. The van der Waals surface area contributed by atoms with E-state index in [9.17, 15) is 16.8 Å². The maximum absolute atomic E-state index is 12.0. The van der Waals surface area contributed by atoms with Crippen LogP contribution in [0.5, 0.6) is 0 Å². The maximum Gasteiger partial charge on any atom is 0.494 e. The van der Waals surface area contributed by atoms with Crippen LogP contribution in [0.4, 0.5) is 0 Å². The van der Waals surface area contributed by atoms with Crippen molar-refractivity contribution in [1.82, 2.24) is 9.44 Å². The average Bonchev–Trinajstić information content (AvgIpc) is 3.80. The zero-order valence-electron chi connectivity index (χ0n) is 25.7. The van der Waals surface area contributed by atoms with E-state index in [0.717, 1.165) is 28.3 Å². The lowest BCUT2D eigenvalue weighted by molar-refractivity contribution is 0.00578. The quantitative estimate of drug-likeness (QED) is 0.368. The molecule has 8 nitrogen and oxygen atoms in total. The number of rotatable bonds is 9. The van der Waals surface area contributed by atoms with Gasteiger partial charge in [0.25, 0.3) is 0 Å². The van der Waals surface area contributed by atoms with Crippen molar-refractivity contribution in [1.29, 1.82) is 0 Å². The van der Waals surface area contributed by atoms with Crippen LogP contribution in [0, 0.1) is 0 Å². The summed E-state index contributed by atoms with van der Waals surface area (Å²) in [7, 11) is -6.72. The van der Waals surface area contributed by atoms with Crippen LogP contribution in [-0.2, 0) is 29.4 Å². The molecular weight excluding hydrogens is 639 g/mol. The number of benzene rings is 2. The molecule has 0 unspecified atom stereocenters. The van der Waals surface area contributed by atoms with Crippen molar-refractivity contribution < 1.29 is 26.1 Å². The Kier molecular flexibility index (Phi) is 9.81. The van der Waals surface area contributed by atoms with Gasteiger partial charge in [-0.25, -0.2) is 26.3 Å². The molecule has 1 aliphatic heterocycles. The van der Waals surface area contributed by atoms with Crippen LogP contribution in [0.2, 0.25) is 0 Å². The summed E-state index contributed by atoms with van der Waals surface area (Å²) >= 11 is 3.39. The predicted octanol–water partition coefficient (Wildman–Crippen LogP) is 4.80. The van der Waals surface area contributed by atoms with Gasteiger partial charge in [0.1, 0.15) is 0 Å². The molecular formula is C30H44BBrN2O6S2. The van der Waals surface area contributed by atoms with E-state index in [1.165, 1.54) is 5.56 Å². The second-order valence-electron chi connectivity index (χ2n) is 13.1. The number of hydrogen-bond acceptors (Lipinski definition) is 6. The van der Waals surface area contributed by atoms with E-state index in [4.69, 9.17) is 9.31 Å². The summed E-state index contributed by atoms with van der Waals surface area (Å²) in [5.41, 5.74) is 2.63. The molecule has 0 aromatic heterocycles. The van der Waals surface area contributed by atoms with Crippen LogP contribution in [0.1, 0.15) is 91.2 Å². The highest BCUT2D eigenvalue weighted by atomic mass is 79.9. The molecule has 0 spiro atoms. The van der Waals surface area contributed by atoms with Gasteiger partial charge in [-0.3, -0.25) is 0 Å². The summed E-state index contributed by atoms with van der Waals surface area (Å²) in [6.07, 6.45) is 1.75. The highest BCUT2D eigenvalue weighted by molar-refractivity contribution is 9.10. The first kappa shape index (κ1) is 33.6. The summed E-state index contributed by atoms with van der Waals surface area (Å²) in [5, 5.41) is -0.770. The third kappa shape index (κ3) is 7.86. The highest BCUT2D eigenvalue weighted by Gasteiger charge is 2.52. The molecule has 2 N–H and O–H groups in total. The normalized spacial score (nSPS) is 26.2. The molecule has 0 radical (unpaired) electrons. The van der Waals surface area contributed by atoms with Crippen molar-refractivity contribution in [2.24, 2.45) is 0 Å². The topological polar surface area (TPSA) is 111 Å². The Bertz CT molecular complexity index is 1450. The van der Waals surface area contributed by atoms with Crippen LogP contribution in [0.25, 0.3) is 0 Å². The van der Waals surface area contributed by atoms with Gasteiger partial charge in [-0.05, 0) is 97.0 Å². The van der Waals surface area contributed by atoms with E-state index < -0.39 is 25.3 Å². The Morgan fingerprint density at radius 2 is 1.07 bits per heavy atom. The largest absolute Gasteiger partial charge is 0.494 e. The van der Waals surface area contributed by atoms with Gasteiger partial charge in [-0.2, -0.15) is 0 Å². The van der Waals surface area contributed by atoms with Crippen LogP contribution < -0.4 is 14.9 Å².